The molecule has 1 aromatic heterocycles. The van der Waals surface area contributed by atoms with E-state index >= 15 is 0 Å². The summed E-state index contributed by atoms with van der Waals surface area (Å²) in [6.45, 7) is 5.83. The molecule has 1 fully saturated rings. The lowest BCUT2D eigenvalue weighted by Crippen LogP contribution is -2.37. The van der Waals surface area contributed by atoms with Gasteiger partial charge in [0.15, 0.2) is 0 Å². The molecule has 102 valence electrons. The molecule has 0 radical (unpaired) electrons. The van der Waals surface area contributed by atoms with Gasteiger partial charge in [-0.1, -0.05) is 25.2 Å². The molecule has 2 rings (SSSR count). The monoisotopic (exact) mass is 271 g/mol. The zero-order valence-electron chi connectivity index (χ0n) is 11.1. The van der Waals surface area contributed by atoms with E-state index in [1.54, 1.807) is 7.11 Å². The van der Waals surface area contributed by atoms with Crippen LogP contribution in [0, 0.1) is 0 Å². The molecule has 1 aliphatic heterocycles. The summed E-state index contributed by atoms with van der Waals surface area (Å²) in [5, 5.41) is 12.7. The molecule has 2 heterocycles. The Kier molecular flexibility index (Phi) is 4.42. The minimum Gasteiger partial charge on any atom is -0.492 e. The molecule has 0 spiro atoms. The highest BCUT2D eigenvalue weighted by Gasteiger charge is 2.25. The Bertz CT molecular complexity index is 395. The smallest absolute Gasteiger partial charge is 0.227 e. The fourth-order valence-electron chi connectivity index (χ4n) is 2.22. The lowest BCUT2D eigenvalue weighted by Gasteiger charge is -2.23. The average molecular weight is 271 g/mol. The van der Waals surface area contributed by atoms with Crippen molar-refractivity contribution in [2.24, 2.45) is 0 Å². The van der Waals surface area contributed by atoms with Crippen LogP contribution >= 0.6 is 11.3 Å². The van der Waals surface area contributed by atoms with Crippen molar-refractivity contribution in [3.05, 3.63) is 4.88 Å². The number of aromatic nitrogens is 1. The van der Waals surface area contributed by atoms with E-state index in [0.29, 0.717) is 12.0 Å². The Morgan fingerprint density at radius 3 is 3.00 bits per heavy atom. The lowest BCUT2D eigenvalue weighted by atomic mass is 10.2. The predicted molar refractivity (Wildman–Crippen MR) is 73.1 cm³/mol. The number of rotatable bonds is 5. The summed E-state index contributed by atoms with van der Waals surface area (Å²) in [6, 6.07) is 0.392. The molecule has 0 unspecified atom stereocenters. The second-order valence-electron chi connectivity index (χ2n) is 4.92. The van der Waals surface area contributed by atoms with Gasteiger partial charge >= 0.3 is 0 Å². The number of aromatic hydroxyl groups is 1. The molecule has 1 saturated heterocycles. The maximum atomic E-state index is 9.76. The van der Waals surface area contributed by atoms with Crippen LogP contribution in [0.4, 0.5) is 5.13 Å². The summed E-state index contributed by atoms with van der Waals surface area (Å²) in [7, 11) is 1.72. The van der Waals surface area contributed by atoms with Crippen LogP contribution in [0.25, 0.3) is 0 Å². The van der Waals surface area contributed by atoms with Crippen LogP contribution in [-0.4, -0.2) is 41.4 Å². The fourth-order valence-corrected chi connectivity index (χ4v) is 3.10. The van der Waals surface area contributed by atoms with Crippen molar-refractivity contribution in [2.45, 2.75) is 38.6 Å². The molecule has 0 aliphatic carbocycles. The molecule has 0 amide bonds. The lowest BCUT2D eigenvalue weighted by molar-refractivity contribution is 0.128. The first kappa shape index (κ1) is 13.6. The van der Waals surface area contributed by atoms with E-state index in [1.807, 2.05) is 0 Å². The second kappa shape index (κ2) is 5.86. The van der Waals surface area contributed by atoms with Gasteiger partial charge in [-0.25, -0.2) is 5.01 Å². The molecule has 1 aliphatic rings. The summed E-state index contributed by atoms with van der Waals surface area (Å²) in [5.74, 6) is 0.450. The van der Waals surface area contributed by atoms with Gasteiger partial charge in [0.25, 0.3) is 0 Å². The number of thiazole rings is 1. The molecule has 0 bridgehead atoms. The largest absolute Gasteiger partial charge is 0.492 e. The molecule has 2 N–H and O–H groups in total. The van der Waals surface area contributed by atoms with Crippen LogP contribution in [0.1, 0.15) is 37.5 Å². The molecule has 0 saturated carbocycles. The van der Waals surface area contributed by atoms with Gasteiger partial charge in [0, 0.05) is 13.7 Å². The van der Waals surface area contributed by atoms with Gasteiger partial charge < -0.3 is 9.84 Å². The van der Waals surface area contributed by atoms with E-state index in [4.69, 9.17) is 4.74 Å². The highest BCUT2D eigenvalue weighted by molar-refractivity contribution is 7.15. The van der Waals surface area contributed by atoms with E-state index in [1.165, 1.54) is 11.3 Å². The van der Waals surface area contributed by atoms with Crippen molar-refractivity contribution in [1.82, 2.24) is 9.99 Å². The second-order valence-corrected chi connectivity index (χ2v) is 5.95. The normalized spacial score (nSPS) is 20.8. The number of hydrazine groups is 1. The molecule has 1 aromatic rings. The minimum absolute atomic E-state index is 0.153. The Morgan fingerprint density at radius 2 is 2.39 bits per heavy atom. The van der Waals surface area contributed by atoms with Gasteiger partial charge in [-0.05, 0) is 18.8 Å². The van der Waals surface area contributed by atoms with Crippen LogP contribution in [0.3, 0.4) is 0 Å². The molecule has 18 heavy (non-hydrogen) atoms. The number of nitrogens with zero attached hydrogens (tertiary/aromatic N) is 2. The quantitative estimate of drug-likeness (QED) is 0.861. The van der Waals surface area contributed by atoms with Gasteiger partial charge in [0.2, 0.25) is 11.0 Å². The number of hydrogen-bond acceptors (Lipinski definition) is 6. The summed E-state index contributed by atoms with van der Waals surface area (Å²) in [5.41, 5.74) is 3.29. The van der Waals surface area contributed by atoms with Crippen LogP contribution in [-0.2, 0) is 4.74 Å². The third kappa shape index (κ3) is 2.93. The first-order chi connectivity index (χ1) is 8.61. The Morgan fingerprint density at radius 1 is 1.61 bits per heavy atom. The fraction of sp³-hybridized carbons (Fsp3) is 0.750. The summed E-state index contributed by atoms with van der Waals surface area (Å²) in [6.07, 6.45) is 2.30. The standard InChI is InChI=1S/C12H21N3O2S/c1-8(2)10-11(16)13-12(18-10)14-15-6-4-5-9(15)7-17-3/h8-9,16H,4-7H2,1-3H3,(H,13,14)/t9-/m1/s1. The molecule has 5 nitrogen and oxygen atoms in total. The summed E-state index contributed by atoms with van der Waals surface area (Å²) >= 11 is 1.52. The molecule has 0 aromatic carbocycles. The van der Waals surface area contributed by atoms with Crippen molar-refractivity contribution in [1.29, 1.82) is 0 Å². The molecule has 6 heteroatoms. The number of nitrogens with one attached hydrogen (secondary N) is 1. The number of ether oxygens (including phenoxy) is 1. The van der Waals surface area contributed by atoms with Crippen molar-refractivity contribution in [3.63, 3.8) is 0 Å². The van der Waals surface area contributed by atoms with Gasteiger partial charge in [0.1, 0.15) is 0 Å². The summed E-state index contributed by atoms with van der Waals surface area (Å²) in [4.78, 5) is 5.10. The maximum Gasteiger partial charge on any atom is 0.227 e. The Hall–Kier alpha value is -0.850. The maximum absolute atomic E-state index is 9.76. The highest BCUT2D eigenvalue weighted by Crippen LogP contribution is 2.34. The van der Waals surface area contributed by atoms with E-state index in [-0.39, 0.29) is 5.88 Å². The third-order valence-electron chi connectivity index (χ3n) is 3.13. The van der Waals surface area contributed by atoms with Gasteiger partial charge in [0.05, 0.1) is 17.5 Å². The van der Waals surface area contributed by atoms with Crippen LogP contribution < -0.4 is 5.43 Å². The predicted octanol–water partition coefficient (Wildman–Crippen LogP) is 2.41. The molecular weight excluding hydrogens is 250 g/mol. The van der Waals surface area contributed by atoms with Crippen molar-refractivity contribution < 1.29 is 9.84 Å². The third-order valence-corrected chi connectivity index (χ3v) is 4.38. The van der Waals surface area contributed by atoms with Gasteiger partial charge in [-0.15, -0.1) is 0 Å². The first-order valence-electron chi connectivity index (χ1n) is 6.33. The van der Waals surface area contributed by atoms with E-state index in [0.717, 1.165) is 36.0 Å². The van der Waals surface area contributed by atoms with Crippen LogP contribution in [0.5, 0.6) is 5.88 Å². The summed E-state index contributed by atoms with van der Waals surface area (Å²) < 4.78 is 5.21. The van der Waals surface area contributed by atoms with Gasteiger partial charge in [-0.2, -0.15) is 4.98 Å². The van der Waals surface area contributed by atoms with Gasteiger partial charge in [-0.3, -0.25) is 5.43 Å². The van der Waals surface area contributed by atoms with Crippen molar-refractivity contribution in [2.75, 3.05) is 25.7 Å². The number of anilines is 1. The Labute approximate surface area is 112 Å². The zero-order valence-corrected chi connectivity index (χ0v) is 12.0. The topological polar surface area (TPSA) is 57.6 Å². The zero-order chi connectivity index (χ0) is 13.1. The van der Waals surface area contributed by atoms with E-state index < -0.39 is 0 Å². The van der Waals surface area contributed by atoms with E-state index in [2.05, 4.69) is 29.3 Å². The van der Waals surface area contributed by atoms with Crippen LogP contribution in [0.2, 0.25) is 0 Å². The Balaban J connectivity index is 2.02. The average Bonchev–Trinajstić information content (AvgIpc) is 2.87. The SMILES string of the molecule is COC[C@H]1CCCN1Nc1nc(O)c(C(C)C)s1. The molecular formula is C12H21N3O2S. The number of hydrogen-bond donors (Lipinski definition) is 2. The number of methoxy groups -OCH3 is 1. The van der Waals surface area contributed by atoms with E-state index in [9.17, 15) is 5.11 Å². The highest BCUT2D eigenvalue weighted by atomic mass is 32.1. The molecule has 1 atom stereocenters. The first-order valence-corrected chi connectivity index (χ1v) is 7.15. The minimum atomic E-state index is 0.153. The van der Waals surface area contributed by atoms with Crippen LogP contribution in [0.15, 0.2) is 0 Å². The van der Waals surface area contributed by atoms with Crippen molar-refractivity contribution in [3.8, 4) is 5.88 Å². The van der Waals surface area contributed by atoms with Crippen molar-refractivity contribution >= 4 is 16.5 Å².